The molecule has 1 rings (SSSR count). The molecule has 0 amide bonds. The molecule has 0 radical (unpaired) electrons. The number of aromatic nitrogens is 2. The fourth-order valence-corrected chi connectivity index (χ4v) is 1.68. The second-order valence-electron chi connectivity index (χ2n) is 3.55. The molecule has 4 nitrogen and oxygen atoms in total. The van der Waals surface area contributed by atoms with E-state index in [-0.39, 0.29) is 29.6 Å². The lowest BCUT2D eigenvalue weighted by Crippen LogP contribution is -2.08. The molecule has 1 aromatic heterocycles. The highest BCUT2D eigenvalue weighted by Crippen LogP contribution is 2.28. The van der Waals surface area contributed by atoms with Gasteiger partial charge in [0.15, 0.2) is 6.17 Å². The third kappa shape index (κ3) is 3.32. The van der Waals surface area contributed by atoms with E-state index in [4.69, 9.17) is 16.3 Å². The fourth-order valence-electron chi connectivity index (χ4n) is 1.40. The molecule has 1 atom stereocenters. The molecule has 0 aromatic carbocycles. The van der Waals surface area contributed by atoms with Crippen molar-refractivity contribution in [1.29, 1.82) is 0 Å². The summed E-state index contributed by atoms with van der Waals surface area (Å²) in [4.78, 5) is 11.8. The molecule has 6 heteroatoms. The summed E-state index contributed by atoms with van der Waals surface area (Å²) >= 11 is 6.01. The first-order chi connectivity index (χ1) is 9.06. The molecule has 0 saturated heterocycles. The van der Waals surface area contributed by atoms with Crippen molar-refractivity contribution in [2.24, 2.45) is 0 Å². The maximum atomic E-state index is 13.7. The average molecular weight is 285 g/mol. The van der Waals surface area contributed by atoms with Crippen LogP contribution in [0.25, 0.3) is 0 Å². The highest BCUT2D eigenvalue weighted by atomic mass is 35.5. The Balaban J connectivity index is 3.24. The van der Waals surface area contributed by atoms with Crippen LogP contribution in [0, 0.1) is 0 Å². The van der Waals surface area contributed by atoms with Crippen molar-refractivity contribution >= 4 is 17.6 Å². The summed E-state index contributed by atoms with van der Waals surface area (Å²) in [5.74, 6) is -0.750. The zero-order valence-electron chi connectivity index (χ0n) is 10.3. The van der Waals surface area contributed by atoms with E-state index in [0.717, 1.165) is 6.08 Å². The van der Waals surface area contributed by atoms with Crippen LogP contribution in [0.1, 0.15) is 22.2 Å². The average Bonchev–Trinajstić information content (AvgIpc) is 2.73. The first-order valence-electron chi connectivity index (χ1n) is 5.48. The molecule has 0 saturated carbocycles. The highest BCUT2D eigenvalue weighted by Gasteiger charge is 2.27. The minimum atomic E-state index is -1.60. The number of halogens is 2. The lowest BCUT2D eigenvalue weighted by molar-refractivity contribution is 0.0547. The van der Waals surface area contributed by atoms with Gasteiger partial charge in [0.1, 0.15) is 23.0 Å². The van der Waals surface area contributed by atoms with Gasteiger partial charge in [-0.25, -0.2) is 13.9 Å². The summed E-state index contributed by atoms with van der Waals surface area (Å²) in [6, 6.07) is 0. The monoisotopic (exact) mass is 284 g/mol. The van der Waals surface area contributed by atoms with Crippen LogP contribution < -0.4 is 0 Å². The summed E-state index contributed by atoms with van der Waals surface area (Å²) in [5, 5.41) is 3.95. The Morgan fingerprint density at radius 2 is 2.16 bits per heavy atom. The Bertz CT molecular complexity index is 511. The molecule has 0 spiro atoms. The van der Waals surface area contributed by atoms with E-state index in [9.17, 15) is 9.18 Å². The van der Waals surface area contributed by atoms with Crippen LogP contribution in [-0.2, 0) is 11.3 Å². The van der Waals surface area contributed by atoms with Crippen LogP contribution in [-0.4, -0.2) is 22.4 Å². The zero-order chi connectivity index (χ0) is 14.4. The predicted octanol–water partition coefficient (Wildman–Crippen LogP) is 3.26. The van der Waals surface area contributed by atoms with Gasteiger partial charge < -0.3 is 4.74 Å². The third-order valence-corrected chi connectivity index (χ3v) is 2.61. The minimum absolute atomic E-state index is 0.00623. The number of hydrogen-bond donors (Lipinski definition) is 0. The molecule has 0 aliphatic heterocycles. The summed E-state index contributed by atoms with van der Waals surface area (Å²) in [7, 11) is 0. The SMILES string of the molecule is C=CCOC(=O)c1c(C(F)C=C)nn(CC=C)c1Cl. The van der Waals surface area contributed by atoms with E-state index in [1.807, 2.05) is 0 Å². The molecule has 102 valence electrons. The molecule has 0 aliphatic rings. The Labute approximate surface area is 115 Å². The largest absolute Gasteiger partial charge is 0.458 e. The molecule has 0 N–H and O–H groups in total. The van der Waals surface area contributed by atoms with Crippen molar-refractivity contribution in [3.05, 3.63) is 54.4 Å². The van der Waals surface area contributed by atoms with Gasteiger partial charge in [-0.1, -0.05) is 43.0 Å². The van der Waals surface area contributed by atoms with Gasteiger partial charge in [0.2, 0.25) is 0 Å². The fraction of sp³-hybridized carbons (Fsp3) is 0.231. The van der Waals surface area contributed by atoms with Crippen molar-refractivity contribution in [3.63, 3.8) is 0 Å². The topological polar surface area (TPSA) is 44.1 Å². The van der Waals surface area contributed by atoms with Gasteiger partial charge in [-0.15, -0.1) is 6.58 Å². The van der Waals surface area contributed by atoms with Crippen molar-refractivity contribution in [1.82, 2.24) is 9.78 Å². The van der Waals surface area contributed by atoms with Crippen LogP contribution in [0.4, 0.5) is 4.39 Å². The number of ether oxygens (including phenoxy) is 1. The van der Waals surface area contributed by atoms with Gasteiger partial charge in [-0.3, -0.25) is 0 Å². The first kappa shape index (κ1) is 15.2. The molecule has 0 bridgehead atoms. The molecule has 0 fully saturated rings. The van der Waals surface area contributed by atoms with Gasteiger partial charge in [-0.2, -0.15) is 5.10 Å². The van der Waals surface area contributed by atoms with E-state index in [2.05, 4.69) is 24.8 Å². The Kier molecular flexibility index (Phi) is 5.51. The van der Waals surface area contributed by atoms with Crippen molar-refractivity contribution < 1.29 is 13.9 Å². The van der Waals surface area contributed by atoms with Crippen LogP contribution >= 0.6 is 11.6 Å². The number of rotatable bonds is 7. The quantitative estimate of drug-likeness (QED) is 0.570. The Morgan fingerprint density at radius 3 is 2.68 bits per heavy atom. The van der Waals surface area contributed by atoms with Crippen molar-refractivity contribution in [2.45, 2.75) is 12.7 Å². The van der Waals surface area contributed by atoms with Crippen LogP contribution in [0.2, 0.25) is 5.15 Å². The Hall–Kier alpha value is -1.88. The number of carbonyl (C=O) groups excluding carboxylic acids is 1. The summed E-state index contributed by atoms with van der Waals surface area (Å²) in [6.07, 6.45) is 2.36. The van der Waals surface area contributed by atoms with E-state index in [0.29, 0.717) is 0 Å². The maximum absolute atomic E-state index is 13.7. The standard InChI is InChI=1S/C13H14ClFN2O2/c1-4-7-17-12(14)10(13(18)19-8-5-2)11(16-17)9(15)6-3/h4-6,9H,1-3,7-8H2. The van der Waals surface area contributed by atoms with E-state index in [1.165, 1.54) is 16.8 Å². The molecule has 0 aliphatic carbocycles. The lowest BCUT2D eigenvalue weighted by atomic mass is 10.2. The molecule has 19 heavy (non-hydrogen) atoms. The Morgan fingerprint density at radius 1 is 1.47 bits per heavy atom. The molecule has 1 heterocycles. The first-order valence-corrected chi connectivity index (χ1v) is 5.86. The number of carbonyl (C=O) groups is 1. The summed E-state index contributed by atoms with van der Waals surface area (Å²) in [6.45, 7) is 10.5. The smallest absolute Gasteiger partial charge is 0.343 e. The van der Waals surface area contributed by atoms with Crippen molar-refractivity contribution in [2.75, 3.05) is 6.61 Å². The normalized spacial score (nSPS) is 11.7. The number of alkyl halides is 1. The van der Waals surface area contributed by atoms with Gasteiger partial charge in [0, 0.05) is 0 Å². The van der Waals surface area contributed by atoms with Crippen LogP contribution in [0.15, 0.2) is 38.0 Å². The molecular weight excluding hydrogens is 271 g/mol. The number of esters is 1. The highest BCUT2D eigenvalue weighted by molar-refractivity contribution is 6.32. The van der Waals surface area contributed by atoms with Crippen molar-refractivity contribution in [3.8, 4) is 0 Å². The third-order valence-electron chi connectivity index (χ3n) is 2.22. The molecule has 1 aromatic rings. The van der Waals surface area contributed by atoms with E-state index >= 15 is 0 Å². The number of nitrogens with zero attached hydrogens (tertiary/aromatic N) is 2. The number of allylic oxidation sites excluding steroid dienone is 2. The summed E-state index contributed by atoms with van der Waals surface area (Å²) in [5.41, 5.74) is -0.214. The van der Waals surface area contributed by atoms with E-state index < -0.39 is 12.1 Å². The molecular formula is C13H14ClFN2O2. The number of hydrogen-bond acceptors (Lipinski definition) is 3. The van der Waals surface area contributed by atoms with E-state index in [1.54, 1.807) is 0 Å². The zero-order valence-corrected chi connectivity index (χ0v) is 11.1. The summed E-state index contributed by atoms with van der Waals surface area (Å²) < 4.78 is 19.9. The van der Waals surface area contributed by atoms with Gasteiger partial charge in [-0.05, 0) is 0 Å². The maximum Gasteiger partial charge on any atom is 0.343 e. The van der Waals surface area contributed by atoms with Crippen LogP contribution in [0.5, 0.6) is 0 Å². The van der Waals surface area contributed by atoms with Gasteiger partial charge >= 0.3 is 5.97 Å². The van der Waals surface area contributed by atoms with Gasteiger partial charge in [0.25, 0.3) is 0 Å². The molecule has 1 unspecified atom stereocenters. The van der Waals surface area contributed by atoms with Gasteiger partial charge in [0.05, 0.1) is 6.54 Å². The second-order valence-corrected chi connectivity index (χ2v) is 3.90. The van der Waals surface area contributed by atoms with Crippen LogP contribution in [0.3, 0.4) is 0 Å². The lowest BCUT2D eigenvalue weighted by Gasteiger charge is -2.03. The minimum Gasteiger partial charge on any atom is -0.458 e. The second kappa shape index (κ2) is 6.89. The predicted molar refractivity (Wildman–Crippen MR) is 72.0 cm³/mol.